The van der Waals surface area contributed by atoms with E-state index in [9.17, 15) is 8.78 Å². The highest BCUT2D eigenvalue weighted by atomic mass is 19.3. The summed E-state index contributed by atoms with van der Waals surface area (Å²) in [6.45, 7) is 3.27. The minimum Gasteiger partial charge on any atom is -0.495 e. The number of benzene rings is 1. The number of hydrogen-bond donors (Lipinski definition) is 1. The summed E-state index contributed by atoms with van der Waals surface area (Å²) in [7, 11) is 1.62. The van der Waals surface area contributed by atoms with E-state index in [0.717, 1.165) is 29.7 Å². The van der Waals surface area contributed by atoms with Crippen LogP contribution < -0.4 is 15.0 Å². The summed E-state index contributed by atoms with van der Waals surface area (Å²) in [5, 5.41) is 4.06. The molecular formula is C26H28F2N6O. The van der Waals surface area contributed by atoms with Crippen LogP contribution in [0.4, 0.5) is 26.2 Å². The van der Waals surface area contributed by atoms with E-state index in [1.165, 1.54) is 12.8 Å². The van der Waals surface area contributed by atoms with Gasteiger partial charge < -0.3 is 15.0 Å². The number of hydrogen-bond acceptors (Lipinski definition) is 7. The van der Waals surface area contributed by atoms with Crippen molar-refractivity contribution >= 4 is 28.4 Å². The average Bonchev–Trinajstić information content (AvgIpc) is 3.38. The molecule has 0 unspecified atom stereocenters. The number of nitrogens with one attached hydrogen (secondary N) is 1. The third kappa shape index (κ3) is 5.43. The van der Waals surface area contributed by atoms with Crippen LogP contribution in [0.1, 0.15) is 31.2 Å². The van der Waals surface area contributed by atoms with Gasteiger partial charge in [-0.3, -0.25) is 9.88 Å². The molecule has 9 heteroatoms. The summed E-state index contributed by atoms with van der Waals surface area (Å²) in [4.78, 5) is 17.8. The summed E-state index contributed by atoms with van der Waals surface area (Å²) in [6, 6.07) is 7.48. The van der Waals surface area contributed by atoms with Crippen molar-refractivity contribution in [3.8, 4) is 17.6 Å². The van der Waals surface area contributed by atoms with Gasteiger partial charge in [0.1, 0.15) is 11.6 Å². The summed E-state index contributed by atoms with van der Waals surface area (Å²) >= 11 is 0. The highest BCUT2D eigenvalue weighted by Crippen LogP contribution is 2.34. The van der Waals surface area contributed by atoms with Gasteiger partial charge in [0, 0.05) is 37.5 Å². The second kappa shape index (κ2) is 10.0. The molecule has 5 rings (SSSR count). The van der Waals surface area contributed by atoms with Gasteiger partial charge in [-0.15, -0.1) is 0 Å². The summed E-state index contributed by atoms with van der Waals surface area (Å²) in [6.07, 6.45) is 5.40. The number of fused-ring (bicyclic) bond motifs is 1. The minimum atomic E-state index is -2.64. The standard InChI is InChI=1S/C26H28F2N6O/c1-35-23-17-21-22(16-19(23)6-5-13-33-11-2-3-12-33)31-25(34-14-8-26(27,28)9-15-34)32-24(21)30-20-7-4-10-29-18-20/h4,7,10,16-18H,2-3,8-9,11-15H2,1H3,(H,30,31,32). The molecule has 1 N–H and O–H groups in total. The maximum Gasteiger partial charge on any atom is 0.251 e. The number of nitrogens with zero attached hydrogens (tertiary/aromatic N) is 5. The van der Waals surface area contributed by atoms with Crippen molar-refractivity contribution in [2.24, 2.45) is 0 Å². The van der Waals surface area contributed by atoms with Gasteiger partial charge in [-0.05, 0) is 50.2 Å². The molecule has 2 aliphatic rings. The van der Waals surface area contributed by atoms with Crippen LogP contribution in [-0.4, -0.2) is 65.6 Å². The molecule has 1 aromatic carbocycles. The topological polar surface area (TPSA) is 66.4 Å². The van der Waals surface area contributed by atoms with Crippen LogP contribution in [0, 0.1) is 11.8 Å². The quantitative estimate of drug-likeness (QED) is 0.543. The SMILES string of the molecule is COc1cc2c(Nc3cccnc3)nc(N3CCC(F)(F)CC3)nc2cc1C#CCN1CCCC1. The zero-order valence-corrected chi connectivity index (χ0v) is 19.7. The van der Waals surface area contributed by atoms with Crippen molar-refractivity contribution < 1.29 is 13.5 Å². The van der Waals surface area contributed by atoms with E-state index >= 15 is 0 Å². The van der Waals surface area contributed by atoms with Crippen LogP contribution in [0.5, 0.6) is 5.75 Å². The van der Waals surface area contributed by atoms with Gasteiger partial charge in [-0.2, -0.15) is 4.98 Å². The number of anilines is 3. The Morgan fingerprint density at radius 3 is 2.63 bits per heavy atom. The van der Waals surface area contributed by atoms with Crippen LogP contribution in [0.3, 0.4) is 0 Å². The Balaban J connectivity index is 1.54. The highest BCUT2D eigenvalue weighted by molar-refractivity contribution is 5.94. The van der Waals surface area contributed by atoms with Crippen LogP contribution in [-0.2, 0) is 0 Å². The number of halogens is 2. The second-order valence-electron chi connectivity index (χ2n) is 8.94. The smallest absolute Gasteiger partial charge is 0.251 e. The van der Waals surface area contributed by atoms with E-state index in [0.29, 0.717) is 29.6 Å². The lowest BCUT2D eigenvalue weighted by Crippen LogP contribution is -2.40. The molecule has 4 heterocycles. The predicted octanol–water partition coefficient (Wildman–Crippen LogP) is 4.46. The molecule has 2 aromatic heterocycles. The first-order valence-electron chi connectivity index (χ1n) is 11.9. The predicted molar refractivity (Wildman–Crippen MR) is 133 cm³/mol. The number of likely N-dealkylation sites (tertiary alicyclic amines) is 1. The molecule has 7 nitrogen and oxygen atoms in total. The lowest BCUT2D eigenvalue weighted by molar-refractivity contribution is -0.0222. The molecule has 0 saturated carbocycles. The Kier molecular flexibility index (Phi) is 6.64. The van der Waals surface area contributed by atoms with E-state index < -0.39 is 5.92 Å². The average molecular weight is 479 g/mol. The molecule has 0 bridgehead atoms. The normalized spacial score (nSPS) is 17.7. The van der Waals surface area contributed by atoms with Gasteiger partial charge in [-0.1, -0.05) is 11.8 Å². The molecular weight excluding hydrogens is 450 g/mol. The molecule has 0 aliphatic carbocycles. The first kappa shape index (κ1) is 23.2. The van der Waals surface area contributed by atoms with E-state index in [4.69, 9.17) is 14.7 Å². The summed E-state index contributed by atoms with van der Waals surface area (Å²) in [5.74, 6) is 5.47. The van der Waals surface area contributed by atoms with Gasteiger partial charge in [-0.25, -0.2) is 13.8 Å². The Hall–Kier alpha value is -3.51. The number of rotatable bonds is 5. The molecule has 3 aromatic rings. The molecule has 182 valence electrons. The van der Waals surface area contributed by atoms with Gasteiger partial charge in [0.2, 0.25) is 5.95 Å². The van der Waals surface area contributed by atoms with Crippen molar-refractivity contribution in [2.75, 3.05) is 50.1 Å². The highest BCUT2D eigenvalue weighted by Gasteiger charge is 2.35. The molecule has 0 spiro atoms. The number of methoxy groups -OCH3 is 1. The number of pyridine rings is 1. The van der Waals surface area contributed by atoms with Crippen LogP contribution >= 0.6 is 0 Å². The van der Waals surface area contributed by atoms with E-state index in [2.05, 4.69) is 27.0 Å². The lowest BCUT2D eigenvalue weighted by Gasteiger charge is -2.32. The third-order valence-corrected chi connectivity index (χ3v) is 6.43. The van der Waals surface area contributed by atoms with Gasteiger partial charge in [0.05, 0.1) is 36.6 Å². The molecule has 0 atom stereocenters. The minimum absolute atomic E-state index is 0.198. The Labute approximate surface area is 203 Å². The van der Waals surface area contributed by atoms with Gasteiger partial charge >= 0.3 is 0 Å². The lowest BCUT2D eigenvalue weighted by atomic mass is 10.1. The molecule has 2 fully saturated rings. The molecule has 0 radical (unpaired) electrons. The van der Waals surface area contributed by atoms with E-state index in [1.807, 2.05) is 29.2 Å². The second-order valence-corrected chi connectivity index (χ2v) is 8.94. The first-order valence-corrected chi connectivity index (χ1v) is 11.9. The number of ether oxygens (including phenoxy) is 1. The van der Waals surface area contributed by atoms with Crippen LogP contribution in [0.25, 0.3) is 10.9 Å². The van der Waals surface area contributed by atoms with Crippen molar-refractivity contribution in [3.63, 3.8) is 0 Å². The first-order chi connectivity index (χ1) is 17.0. The Morgan fingerprint density at radius 2 is 1.91 bits per heavy atom. The van der Waals surface area contributed by atoms with E-state index in [1.54, 1.807) is 19.5 Å². The van der Waals surface area contributed by atoms with Crippen LogP contribution in [0.2, 0.25) is 0 Å². The zero-order valence-electron chi connectivity index (χ0n) is 19.7. The largest absolute Gasteiger partial charge is 0.495 e. The number of aromatic nitrogens is 3. The summed E-state index contributed by atoms with van der Waals surface area (Å²) in [5.41, 5.74) is 2.17. The Bertz CT molecular complexity index is 1240. The van der Waals surface area contributed by atoms with Gasteiger partial charge in [0.15, 0.2) is 0 Å². The summed E-state index contributed by atoms with van der Waals surface area (Å²) < 4.78 is 33.2. The third-order valence-electron chi connectivity index (χ3n) is 6.43. The maximum absolute atomic E-state index is 13.8. The molecule has 0 amide bonds. The van der Waals surface area contributed by atoms with Gasteiger partial charge in [0.25, 0.3) is 5.92 Å². The fraction of sp³-hybridized carbons (Fsp3) is 0.423. The molecule has 2 saturated heterocycles. The number of piperidine rings is 1. The maximum atomic E-state index is 13.8. The van der Waals surface area contributed by atoms with Crippen LogP contribution in [0.15, 0.2) is 36.7 Å². The van der Waals surface area contributed by atoms with Crippen molar-refractivity contribution in [1.82, 2.24) is 19.9 Å². The Morgan fingerprint density at radius 1 is 1.11 bits per heavy atom. The molecule has 35 heavy (non-hydrogen) atoms. The molecule has 2 aliphatic heterocycles. The monoisotopic (exact) mass is 478 g/mol. The number of alkyl halides is 2. The van der Waals surface area contributed by atoms with Crippen molar-refractivity contribution in [1.29, 1.82) is 0 Å². The fourth-order valence-corrected chi connectivity index (χ4v) is 4.44. The van der Waals surface area contributed by atoms with E-state index in [-0.39, 0.29) is 25.9 Å². The zero-order chi connectivity index (χ0) is 24.3. The van der Waals surface area contributed by atoms with Crippen molar-refractivity contribution in [3.05, 3.63) is 42.2 Å². The van der Waals surface area contributed by atoms with Crippen molar-refractivity contribution in [2.45, 2.75) is 31.6 Å². The fourth-order valence-electron chi connectivity index (χ4n) is 4.44.